The molecule has 6 nitrogen and oxygen atoms in total. The molecule has 154 valence electrons. The summed E-state index contributed by atoms with van der Waals surface area (Å²) in [5.74, 6) is 1.11. The van der Waals surface area contributed by atoms with Crippen LogP contribution in [-0.4, -0.2) is 43.2 Å². The zero-order valence-corrected chi connectivity index (χ0v) is 18.4. The molecule has 0 N–H and O–H groups in total. The molecule has 2 aromatic heterocycles. The molecule has 1 unspecified atom stereocenters. The minimum absolute atomic E-state index is 0.0817. The molecular weight excluding hydrogens is 414 g/mol. The van der Waals surface area contributed by atoms with Gasteiger partial charge in [0, 0.05) is 41.2 Å². The molecule has 0 saturated heterocycles. The third kappa shape index (κ3) is 4.44. The number of para-hydroxylation sites is 1. The Morgan fingerprint density at radius 3 is 2.97 bits per heavy atom. The first kappa shape index (κ1) is 20.7. The van der Waals surface area contributed by atoms with Gasteiger partial charge in [-0.15, -0.1) is 28.5 Å². The number of thioether (sulfide) groups is 2. The molecular formula is C22H23N5OS2. The molecule has 1 amide bonds. The Morgan fingerprint density at radius 2 is 2.17 bits per heavy atom. The van der Waals surface area contributed by atoms with E-state index >= 15 is 0 Å². The number of fused-ring (bicyclic) bond motifs is 1. The summed E-state index contributed by atoms with van der Waals surface area (Å²) in [7, 11) is 0. The molecule has 0 bridgehead atoms. The van der Waals surface area contributed by atoms with Crippen molar-refractivity contribution in [2.75, 3.05) is 17.2 Å². The molecule has 1 aliphatic rings. The van der Waals surface area contributed by atoms with Gasteiger partial charge in [0.25, 0.3) is 0 Å². The highest BCUT2D eigenvalue weighted by atomic mass is 32.2. The van der Waals surface area contributed by atoms with Gasteiger partial charge in [-0.2, -0.15) is 0 Å². The quantitative estimate of drug-likeness (QED) is 0.417. The molecule has 4 rings (SSSR count). The molecule has 8 heteroatoms. The second-order valence-electron chi connectivity index (χ2n) is 6.97. The summed E-state index contributed by atoms with van der Waals surface area (Å²) >= 11 is 3.24. The minimum Gasteiger partial charge on any atom is -0.311 e. The van der Waals surface area contributed by atoms with Crippen LogP contribution in [0.25, 0.3) is 11.4 Å². The lowest BCUT2D eigenvalue weighted by Gasteiger charge is -2.22. The fourth-order valence-electron chi connectivity index (χ4n) is 3.35. The van der Waals surface area contributed by atoms with Crippen molar-refractivity contribution < 1.29 is 4.79 Å². The SMILES string of the molecule is C=CCn1c(SCC(=O)N2CCC(C)Sc3ccccc32)nnc1-c1cccnc1. The van der Waals surface area contributed by atoms with Gasteiger partial charge in [0.1, 0.15) is 0 Å². The molecule has 1 aliphatic heterocycles. The fraction of sp³-hybridized carbons (Fsp3) is 0.273. The molecule has 0 radical (unpaired) electrons. The first-order valence-electron chi connectivity index (χ1n) is 9.80. The van der Waals surface area contributed by atoms with E-state index in [0.717, 1.165) is 34.9 Å². The van der Waals surface area contributed by atoms with E-state index in [1.54, 1.807) is 18.5 Å². The highest BCUT2D eigenvalue weighted by molar-refractivity contribution is 8.00. The van der Waals surface area contributed by atoms with Crippen molar-refractivity contribution in [3.8, 4) is 11.4 Å². The Kier molecular flexibility index (Phi) is 6.54. The minimum atomic E-state index is 0.0817. The van der Waals surface area contributed by atoms with Crippen molar-refractivity contribution in [1.82, 2.24) is 19.7 Å². The number of carbonyl (C=O) groups excluding carboxylic acids is 1. The molecule has 0 aliphatic carbocycles. The van der Waals surface area contributed by atoms with Crippen LogP contribution in [0.4, 0.5) is 5.69 Å². The summed E-state index contributed by atoms with van der Waals surface area (Å²) in [6.07, 6.45) is 6.26. The van der Waals surface area contributed by atoms with Crippen molar-refractivity contribution in [1.29, 1.82) is 0 Å². The lowest BCUT2D eigenvalue weighted by atomic mass is 10.2. The highest BCUT2D eigenvalue weighted by Crippen LogP contribution is 2.37. The van der Waals surface area contributed by atoms with Gasteiger partial charge in [0.05, 0.1) is 11.4 Å². The third-order valence-electron chi connectivity index (χ3n) is 4.82. The number of hydrogen-bond donors (Lipinski definition) is 0. The molecule has 3 heterocycles. The van der Waals surface area contributed by atoms with Gasteiger partial charge in [-0.25, -0.2) is 0 Å². The van der Waals surface area contributed by atoms with E-state index in [-0.39, 0.29) is 5.91 Å². The van der Waals surface area contributed by atoms with E-state index < -0.39 is 0 Å². The molecule has 0 saturated carbocycles. The number of allylic oxidation sites excluding steroid dienone is 1. The Hall–Kier alpha value is -2.58. The number of pyridine rings is 1. The second-order valence-corrected chi connectivity index (χ2v) is 9.39. The van der Waals surface area contributed by atoms with Crippen LogP contribution in [-0.2, 0) is 11.3 Å². The maximum atomic E-state index is 13.1. The van der Waals surface area contributed by atoms with Crippen molar-refractivity contribution in [3.05, 3.63) is 61.4 Å². The number of nitrogens with zero attached hydrogens (tertiary/aromatic N) is 5. The van der Waals surface area contributed by atoms with Gasteiger partial charge in [0.15, 0.2) is 11.0 Å². The standard InChI is InChI=1S/C22H23N5OS2/c1-3-12-27-21(17-7-6-11-23-14-17)24-25-22(27)29-15-20(28)26-13-10-16(2)30-19-9-5-4-8-18(19)26/h3-9,11,14,16H,1,10,12-13,15H2,2H3. The maximum absolute atomic E-state index is 13.1. The monoisotopic (exact) mass is 437 g/mol. The fourth-order valence-corrected chi connectivity index (χ4v) is 5.28. The van der Waals surface area contributed by atoms with E-state index in [1.165, 1.54) is 11.8 Å². The first-order chi connectivity index (χ1) is 14.7. The van der Waals surface area contributed by atoms with Crippen LogP contribution in [0, 0.1) is 0 Å². The molecule has 1 aromatic carbocycles. The van der Waals surface area contributed by atoms with E-state index in [0.29, 0.717) is 22.7 Å². The van der Waals surface area contributed by atoms with E-state index in [1.807, 2.05) is 51.6 Å². The van der Waals surface area contributed by atoms with E-state index in [2.05, 4.69) is 34.8 Å². The molecule has 0 spiro atoms. The lowest BCUT2D eigenvalue weighted by molar-refractivity contribution is -0.116. The van der Waals surface area contributed by atoms with Crippen molar-refractivity contribution >= 4 is 35.1 Å². The van der Waals surface area contributed by atoms with Crippen LogP contribution in [0.2, 0.25) is 0 Å². The predicted molar refractivity (Wildman–Crippen MR) is 123 cm³/mol. The molecule has 1 atom stereocenters. The number of benzene rings is 1. The largest absolute Gasteiger partial charge is 0.311 e. The summed E-state index contributed by atoms with van der Waals surface area (Å²) in [5.41, 5.74) is 1.89. The van der Waals surface area contributed by atoms with Crippen molar-refractivity contribution in [2.24, 2.45) is 0 Å². The average Bonchev–Trinajstić information content (AvgIpc) is 3.08. The second kappa shape index (κ2) is 9.49. The number of carbonyl (C=O) groups is 1. The summed E-state index contributed by atoms with van der Waals surface area (Å²) in [6, 6.07) is 12.0. The highest BCUT2D eigenvalue weighted by Gasteiger charge is 2.25. The van der Waals surface area contributed by atoms with Crippen LogP contribution < -0.4 is 4.90 Å². The Bertz CT molecular complexity index is 1040. The lowest BCUT2D eigenvalue weighted by Crippen LogP contribution is -2.33. The van der Waals surface area contributed by atoms with Gasteiger partial charge < -0.3 is 4.90 Å². The van der Waals surface area contributed by atoms with Crippen LogP contribution >= 0.6 is 23.5 Å². The van der Waals surface area contributed by atoms with Gasteiger partial charge in [-0.3, -0.25) is 14.3 Å². The average molecular weight is 438 g/mol. The van der Waals surface area contributed by atoms with Crippen LogP contribution in [0.5, 0.6) is 0 Å². The molecule has 3 aromatic rings. The van der Waals surface area contributed by atoms with Gasteiger partial charge in [0.2, 0.25) is 5.91 Å². The number of hydrogen-bond acceptors (Lipinski definition) is 6. The Balaban J connectivity index is 1.53. The van der Waals surface area contributed by atoms with E-state index in [4.69, 9.17) is 0 Å². The molecule has 0 fully saturated rings. The van der Waals surface area contributed by atoms with Crippen LogP contribution in [0.1, 0.15) is 13.3 Å². The topological polar surface area (TPSA) is 63.9 Å². The van der Waals surface area contributed by atoms with Crippen molar-refractivity contribution in [3.63, 3.8) is 0 Å². The Morgan fingerprint density at radius 1 is 1.30 bits per heavy atom. The zero-order valence-electron chi connectivity index (χ0n) is 16.8. The number of amides is 1. The van der Waals surface area contributed by atoms with Crippen molar-refractivity contribution in [2.45, 2.75) is 35.2 Å². The summed E-state index contributed by atoms with van der Waals surface area (Å²) in [4.78, 5) is 20.4. The van der Waals surface area contributed by atoms with Gasteiger partial charge in [-0.1, -0.05) is 36.9 Å². The summed E-state index contributed by atoms with van der Waals surface area (Å²) in [5, 5.41) is 9.84. The normalized spacial score (nSPS) is 16.0. The van der Waals surface area contributed by atoms with Gasteiger partial charge in [-0.05, 0) is 30.7 Å². The predicted octanol–water partition coefficient (Wildman–Crippen LogP) is 4.54. The van der Waals surface area contributed by atoms with E-state index in [9.17, 15) is 4.79 Å². The Labute approximate surface area is 184 Å². The first-order valence-corrected chi connectivity index (χ1v) is 11.7. The zero-order chi connectivity index (χ0) is 20.9. The summed E-state index contributed by atoms with van der Waals surface area (Å²) < 4.78 is 1.97. The maximum Gasteiger partial charge on any atom is 0.237 e. The molecule has 30 heavy (non-hydrogen) atoms. The smallest absolute Gasteiger partial charge is 0.237 e. The van der Waals surface area contributed by atoms with Crippen LogP contribution in [0.3, 0.4) is 0 Å². The number of anilines is 1. The number of rotatable bonds is 6. The summed E-state index contributed by atoms with van der Waals surface area (Å²) in [6.45, 7) is 7.35. The van der Waals surface area contributed by atoms with Gasteiger partial charge >= 0.3 is 0 Å². The third-order valence-corrected chi connectivity index (χ3v) is 7.01. The number of aromatic nitrogens is 4. The van der Waals surface area contributed by atoms with Crippen LogP contribution in [0.15, 0.2) is 71.5 Å².